The number of rotatable bonds is 9. The average molecular weight is 397 g/mol. The zero-order valence-electron chi connectivity index (χ0n) is 17.6. The molecule has 5 heteroatoms. The van der Waals surface area contributed by atoms with Gasteiger partial charge in [0.15, 0.2) is 0 Å². The Labute approximate surface area is 173 Å². The van der Waals surface area contributed by atoms with Crippen LogP contribution in [0.1, 0.15) is 56.1 Å². The second kappa shape index (κ2) is 10.3. The highest BCUT2D eigenvalue weighted by Crippen LogP contribution is 2.26. The molecule has 1 aromatic carbocycles. The van der Waals surface area contributed by atoms with Gasteiger partial charge in [0.05, 0.1) is 13.1 Å². The number of hydrogen-bond donors (Lipinski definition) is 0. The van der Waals surface area contributed by atoms with Crippen molar-refractivity contribution < 1.29 is 14.0 Å². The molecule has 1 aromatic heterocycles. The maximum atomic E-state index is 13.3. The van der Waals surface area contributed by atoms with Crippen LogP contribution < -0.4 is 0 Å². The number of carbonyl (C=O) groups is 2. The van der Waals surface area contributed by atoms with Gasteiger partial charge in [-0.15, -0.1) is 0 Å². The third kappa shape index (κ3) is 5.96. The molecule has 0 bridgehead atoms. The molecule has 0 spiro atoms. The van der Waals surface area contributed by atoms with E-state index in [0.717, 1.165) is 49.2 Å². The van der Waals surface area contributed by atoms with E-state index in [9.17, 15) is 9.59 Å². The molecule has 1 saturated carbocycles. The van der Waals surface area contributed by atoms with Crippen molar-refractivity contribution in [2.45, 2.75) is 59.0 Å². The van der Waals surface area contributed by atoms with Crippen LogP contribution in [0.25, 0.3) is 0 Å². The summed E-state index contributed by atoms with van der Waals surface area (Å²) in [7, 11) is 0. The molecule has 3 rings (SSSR count). The quantitative estimate of drug-likeness (QED) is 0.625. The van der Waals surface area contributed by atoms with E-state index in [4.69, 9.17) is 4.42 Å². The van der Waals surface area contributed by atoms with Crippen molar-refractivity contribution >= 4 is 11.8 Å². The Morgan fingerprint density at radius 2 is 1.72 bits per heavy atom. The van der Waals surface area contributed by atoms with Crippen LogP contribution >= 0.6 is 0 Å². The lowest BCUT2D eigenvalue weighted by Crippen LogP contribution is -2.44. The van der Waals surface area contributed by atoms with Gasteiger partial charge in [-0.25, -0.2) is 0 Å². The Hall–Kier alpha value is -2.56. The minimum Gasteiger partial charge on any atom is -0.464 e. The van der Waals surface area contributed by atoms with E-state index in [1.807, 2.05) is 56.3 Å². The molecular formula is C24H32N2O3. The first kappa shape index (κ1) is 21.2. The van der Waals surface area contributed by atoms with E-state index >= 15 is 0 Å². The van der Waals surface area contributed by atoms with Crippen LogP contribution in [0.3, 0.4) is 0 Å². The van der Waals surface area contributed by atoms with Crippen molar-refractivity contribution in [1.29, 1.82) is 0 Å². The third-order valence-electron chi connectivity index (χ3n) is 5.55. The molecule has 0 N–H and O–H groups in total. The standard InChI is InChI=1S/C24H32N2O3/c1-3-15-25(24(28)21-11-7-8-12-21)18-23(27)26(16-20-9-5-4-6-10-20)17-22-14-13-19(2)29-22/h4-6,9-10,13-14,21H,3,7-8,11-12,15-18H2,1-2H3. The zero-order valence-corrected chi connectivity index (χ0v) is 17.6. The van der Waals surface area contributed by atoms with Crippen molar-refractivity contribution in [2.24, 2.45) is 5.92 Å². The topological polar surface area (TPSA) is 53.8 Å². The van der Waals surface area contributed by atoms with Gasteiger partial charge in [0.2, 0.25) is 11.8 Å². The maximum absolute atomic E-state index is 13.3. The van der Waals surface area contributed by atoms with Gasteiger partial charge in [-0.3, -0.25) is 9.59 Å². The second-order valence-corrected chi connectivity index (χ2v) is 7.99. The van der Waals surface area contributed by atoms with Gasteiger partial charge in [-0.05, 0) is 43.9 Å². The van der Waals surface area contributed by atoms with Crippen LogP contribution in [0.5, 0.6) is 0 Å². The zero-order chi connectivity index (χ0) is 20.6. The van der Waals surface area contributed by atoms with E-state index in [2.05, 4.69) is 0 Å². The Balaban J connectivity index is 1.73. The molecule has 2 aromatic rings. The lowest BCUT2D eigenvalue weighted by Gasteiger charge is -2.29. The summed E-state index contributed by atoms with van der Waals surface area (Å²) in [5, 5.41) is 0. The molecule has 1 heterocycles. The summed E-state index contributed by atoms with van der Waals surface area (Å²) in [5.41, 5.74) is 1.06. The van der Waals surface area contributed by atoms with Gasteiger partial charge in [0.25, 0.3) is 0 Å². The first-order valence-corrected chi connectivity index (χ1v) is 10.7. The summed E-state index contributed by atoms with van der Waals surface area (Å²) < 4.78 is 5.71. The molecule has 1 aliphatic carbocycles. The number of hydrogen-bond acceptors (Lipinski definition) is 3. The second-order valence-electron chi connectivity index (χ2n) is 7.99. The minimum atomic E-state index is -0.0392. The van der Waals surface area contributed by atoms with Gasteiger partial charge in [0, 0.05) is 19.0 Å². The van der Waals surface area contributed by atoms with Gasteiger partial charge in [0.1, 0.15) is 11.5 Å². The predicted molar refractivity (Wildman–Crippen MR) is 113 cm³/mol. The Kier molecular flexibility index (Phi) is 7.50. The molecule has 0 atom stereocenters. The Morgan fingerprint density at radius 1 is 1.00 bits per heavy atom. The first-order valence-electron chi connectivity index (χ1n) is 10.7. The fraction of sp³-hybridized carbons (Fsp3) is 0.500. The van der Waals surface area contributed by atoms with Crippen LogP contribution in [-0.2, 0) is 22.7 Å². The van der Waals surface area contributed by atoms with Crippen LogP contribution in [0.4, 0.5) is 0 Å². The lowest BCUT2D eigenvalue weighted by molar-refractivity contribution is -0.143. The van der Waals surface area contributed by atoms with E-state index in [-0.39, 0.29) is 24.3 Å². The number of amides is 2. The SMILES string of the molecule is CCCN(CC(=O)N(Cc1ccccc1)Cc1ccc(C)o1)C(=O)C1CCCC1. The molecule has 29 heavy (non-hydrogen) atoms. The summed E-state index contributed by atoms with van der Waals surface area (Å²) in [6, 6.07) is 13.8. The fourth-order valence-electron chi connectivity index (χ4n) is 4.03. The Morgan fingerprint density at radius 3 is 2.34 bits per heavy atom. The summed E-state index contributed by atoms with van der Waals surface area (Å²) in [6.07, 6.45) is 4.98. The van der Waals surface area contributed by atoms with Gasteiger partial charge in [-0.1, -0.05) is 50.1 Å². The highest BCUT2D eigenvalue weighted by atomic mass is 16.3. The summed E-state index contributed by atoms with van der Waals surface area (Å²) in [4.78, 5) is 29.8. The van der Waals surface area contributed by atoms with E-state index < -0.39 is 0 Å². The highest BCUT2D eigenvalue weighted by Gasteiger charge is 2.29. The minimum absolute atomic E-state index is 0.0392. The summed E-state index contributed by atoms with van der Waals surface area (Å²) in [5.74, 6) is 1.78. The number of aryl methyl sites for hydroxylation is 1. The molecule has 5 nitrogen and oxygen atoms in total. The fourth-order valence-corrected chi connectivity index (χ4v) is 4.03. The predicted octanol–water partition coefficient (Wildman–Crippen LogP) is 4.55. The molecule has 1 fully saturated rings. The number of carbonyl (C=O) groups excluding carboxylic acids is 2. The summed E-state index contributed by atoms with van der Waals surface area (Å²) >= 11 is 0. The van der Waals surface area contributed by atoms with Crippen LogP contribution in [0.15, 0.2) is 46.9 Å². The molecule has 0 saturated heterocycles. The molecule has 156 valence electrons. The number of furan rings is 1. The summed E-state index contributed by atoms with van der Waals surface area (Å²) in [6.45, 7) is 5.61. The van der Waals surface area contributed by atoms with Crippen LogP contribution in [0.2, 0.25) is 0 Å². The molecular weight excluding hydrogens is 364 g/mol. The molecule has 0 aliphatic heterocycles. The van der Waals surface area contributed by atoms with Crippen molar-refractivity contribution in [1.82, 2.24) is 9.80 Å². The highest BCUT2D eigenvalue weighted by molar-refractivity contribution is 5.86. The normalized spacial score (nSPS) is 14.1. The lowest BCUT2D eigenvalue weighted by atomic mass is 10.1. The number of nitrogens with zero attached hydrogens (tertiary/aromatic N) is 2. The maximum Gasteiger partial charge on any atom is 0.242 e. The smallest absolute Gasteiger partial charge is 0.242 e. The van der Waals surface area contributed by atoms with Crippen molar-refractivity contribution in [3.05, 3.63) is 59.5 Å². The van der Waals surface area contributed by atoms with Crippen LogP contribution in [0, 0.1) is 12.8 Å². The van der Waals surface area contributed by atoms with E-state index in [1.165, 1.54) is 0 Å². The first-order chi connectivity index (χ1) is 14.1. The van der Waals surface area contributed by atoms with Crippen LogP contribution in [-0.4, -0.2) is 34.7 Å². The van der Waals surface area contributed by atoms with Crippen molar-refractivity contribution in [3.63, 3.8) is 0 Å². The molecule has 1 aliphatic rings. The monoisotopic (exact) mass is 396 g/mol. The average Bonchev–Trinajstić information content (AvgIpc) is 3.39. The van der Waals surface area contributed by atoms with Gasteiger partial charge in [-0.2, -0.15) is 0 Å². The van der Waals surface area contributed by atoms with Gasteiger partial charge < -0.3 is 14.2 Å². The molecule has 0 radical (unpaired) electrons. The van der Waals surface area contributed by atoms with Gasteiger partial charge >= 0.3 is 0 Å². The third-order valence-corrected chi connectivity index (χ3v) is 5.55. The van der Waals surface area contributed by atoms with Crippen molar-refractivity contribution in [2.75, 3.05) is 13.1 Å². The van der Waals surface area contributed by atoms with E-state index in [1.54, 1.807) is 9.80 Å². The largest absolute Gasteiger partial charge is 0.464 e. The van der Waals surface area contributed by atoms with Crippen molar-refractivity contribution in [3.8, 4) is 0 Å². The Bertz CT molecular complexity index is 793. The van der Waals surface area contributed by atoms with E-state index in [0.29, 0.717) is 19.6 Å². The number of benzene rings is 1. The molecule has 2 amide bonds. The molecule has 0 unspecified atom stereocenters.